The molecular weight excluding hydrogens is 326 g/mol. The lowest BCUT2D eigenvalue weighted by molar-refractivity contribution is 1.21. The van der Waals surface area contributed by atoms with Gasteiger partial charge in [0.05, 0.1) is 27.6 Å². The summed E-state index contributed by atoms with van der Waals surface area (Å²) in [7, 11) is 0. The summed E-state index contributed by atoms with van der Waals surface area (Å²) in [6.45, 7) is 0. The van der Waals surface area contributed by atoms with Crippen LogP contribution < -0.4 is 0 Å². The van der Waals surface area contributed by atoms with Crippen molar-refractivity contribution in [3.05, 3.63) is 50.2 Å². The number of pyridine rings is 1. The molecule has 1 aromatic carbocycles. The van der Waals surface area contributed by atoms with Gasteiger partial charge in [0.1, 0.15) is 5.15 Å². The standard InChI is InChI=1S/C13H6Cl4N2/c14-9-1-2-10(15)13(17)12(9)8-6-19-11(16)5-7(8)3-4-18/h1-2,5-6H,3H2. The van der Waals surface area contributed by atoms with E-state index in [2.05, 4.69) is 11.1 Å². The molecule has 1 aromatic heterocycles. The molecule has 0 bridgehead atoms. The van der Waals surface area contributed by atoms with E-state index >= 15 is 0 Å². The van der Waals surface area contributed by atoms with Crippen molar-refractivity contribution in [2.24, 2.45) is 0 Å². The fourth-order valence-corrected chi connectivity index (χ4v) is 2.61. The number of rotatable bonds is 2. The van der Waals surface area contributed by atoms with Crippen LogP contribution in [0.4, 0.5) is 0 Å². The van der Waals surface area contributed by atoms with E-state index < -0.39 is 0 Å². The Bertz CT molecular complexity index is 677. The first-order chi connectivity index (χ1) is 9.04. The Hall–Kier alpha value is -0.980. The van der Waals surface area contributed by atoms with E-state index in [0.29, 0.717) is 36.9 Å². The molecule has 0 saturated heterocycles. The normalized spacial score (nSPS) is 10.3. The van der Waals surface area contributed by atoms with Crippen LogP contribution in [0.1, 0.15) is 5.56 Å². The van der Waals surface area contributed by atoms with E-state index in [1.807, 2.05) is 0 Å². The van der Waals surface area contributed by atoms with Crippen molar-refractivity contribution in [3.8, 4) is 17.2 Å². The predicted molar refractivity (Wildman–Crippen MR) is 79.0 cm³/mol. The second-order valence-corrected chi connectivity index (χ2v) is 5.30. The lowest BCUT2D eigenvalue weighted by Crippen LogP contribution is -1.93. The zero-order chi connectivity index (χ0) is 14.0. The molecule has 0 saturated carbocycles. The molecule has 2 aromatic rings. The topological polar surface area (TPSA) is 36.7 Å². The molecule has 0 radical (unpaired) electrons. The number of nitrogens with zero attached hydrogens (tertiary/aromatic N) is 2. The molecule has 96 valence electrons. The van der Waals surface area contributed by atoms with E-state index in [1.165, 1.54) is 0 Å². The first-order valence-electron chi connectivity index (χ1n) is 5.20. The minimum Gasteiger partial charge on any atom is -0.244 e. The molecule has 2 nitrogen and oxygen atoms in total. The first kappa shape index (κ1) is 14.4. The van der Waals surface area contributed by atoms with Crippen molar-refractivity contribution in [3.63, 3.8) is 0 Å². The largest absolute Gasteiger partial charge is 0.244 e. The van der Waals surface area contributed by atoms with Crippen LogP contribution in [0.3, 0.4) is 0 Å². The van der Waals surface area contributed by atoms with Gasteiger partial charge in [0.2, 0.25) is 0 Å². The summed E-state index contributed by atoms with van der Waals surface area (Å²) in [4.78, 5) is 4.01. The van der Waals surface area contributed by atoms with E-state index in [9.17, 15) is 0 Å². The van der Waals surface area contributed by atoms with Gasteiger partial charge in [-0.1, -0.05) is 46.4 Å². The van der Waals surface area contributed by atoms with Gasteiger partial charge in [-0.2, -0.15) is 5.26 Å². The molecule has 6 heteroatoms. The molecule has 0 aliphatic heterocycles. The predicted octanol–water partition coefficient (Wildman–Crippen LogP) is 5.43. The highest BCUT2D eigenvalue weighted by atomic mass is 35.5. The molecule has 19 heavy (non-hydrogen) atoms. The fraction of sp³-hybridized carbons (Fsp3) is 0.0769. The maximum Gasteiger partial charge on any atom is 0.129 e. The molecule has 0 fully saturated rings. The van der Waals surface area contributed by atoms with Gasteiger partial charge in [0.15, 0.2) is 0 Å². The van der Waals surface area contributed by atoms with Crippen molar-refractivity contribution in [1.29, 1.82) is 5.26 Å². The van der Waals surface area contributed by atoms with Crippen LogP contribution in [0, 0.1) is 11.3 Å². The second kappa shape index (κ2) is 5.98. The van der Waals surface area contributed by atoms with Crippen molar-refractivity contribution < 1.29 is 0 Å². The van der Waals surface area contributed by atoms with Gasteiger partial charge in [0, 0.05) is 17.3 Å². The summed E-state index contributed by atoms with van der Waals surface area (Å²) in [5.41, 5.74) is 1.92. The van der Waals surface area contributed by atoms with Crippen molar-refractivity contribution in [1.82, 2.24) is 4.98 Å². The number of nitriles is 1. The third-order valence-corrected chi connectivity index (χ3v) is 3.87. The van der Waals surface area contributed by atoms with E-state index in [-0.39, 0.29) is 6.42 Å². The summed E-state index contributed by atoms with van der Waals surface area (Å²) in [5.74, 6) is 0. The third kappa shape index (κ3) is 2.96. The Labute approximate surface area is 130 Å². The highest BCUT2D eigenvalue weighted by molar-refractivity contribution is 6.46. The molecule has 0 amide bonds. The molecule has 2 rings (SSSR count). The first-order valence-corrected chi connectivity index (χ1v) is 6.71. The maximum absolute atomic E-state index is 8.87. The summed E-state index contributed by atoms with van der Waals surface area (Å²) >= 11 is 24.2. The SMILES string of the molecule is N#CCc1cc(Cl)ncc1-c1c(Cl)ccc(Cl)c1Cl. The van der Waals surface area contributed by atoms with E-state index in [0.717, 1.165) is 0 Å². The van der Waals surface area contributed by atoms with Gasteiger partial charge in [-0.25, -0.2) is 4.98 Å². The Morgan fingerprint density at radius 1 is 1.11 bits per heavy atom. The molecule has 0 N–H and O–H groups in total. The van der Waals surface area contributed by atoms with Gasteiger partial charge >= 0.3 is 0 Å². The summed E-state index contributed by atoms with van der Waals surface area (Å²) in [6, 6.07) is 6.95. The second-order valence-electron chi connectivity index (χ2n) is 3.72. The highest BCUT2D eigenvalue weighted by Crippen LogP contribution is 2.40. The van der Waals surface area contributed by atoms with Crippen molar-refractivity contribution >= 4 is 46.4 Å². The quantitative estimate of drug-likeness (QED) is 0.543. The van der Waals surface area contributed by atoms with Crippen LogP contribution in [0.25, 0.3) is 11.1 Å². The van der Waals surface area contributed by atoms with E-state index in [4.69, 9.17) is 51.7 Å². The molecule has 1 heterocycles. The fourth-order valence-electron chi connectivity index (χ4n) is 1.70. The van der Waals surface area contributed by atoms with Gasteiger partial charge in [0.25, 0.3) is 0 Å². The Morgan fingerprint density at radius 3 is 2.47 bits per heavy atom. The third-order valence-electron chi connectivity index (χ3n) is 2.54. The Morgan fingerprint density at radius 2 is 1.79 bits per heavy atom. The van der Waals surface area contributed by atoms with Crippen LogP contribution in [-0.4, -0.2) is 4.98 Å². The van der Waals surface area contributed by atoms with Gasteiger partial charge in [-0.05, 0) is 23.8 Å². The van der Waals surface area contributed by atoms with Crippen LogP contribution in [0.15, 0.2) is 24.4 Å². The minimum absolute atomic E-state index is 0.177. The van der Waals surface area contributed by atoms with Gasteiger partial charge in [-0.3, -0.25) is 0 Å². The zero-order valence-electron chi connectivity index (χ0n) is 9.42. The molecule has 0 atom stereocenters. The monoisotopic (exact) mass is 330 g/mol. The average molecular weight is 332 g/mol. The van der Waals surface area contributed by atoms with Crippen LogP contribution in [0.5, 0.6) is 0 Å². The maximum atomic E-state index is 8.87. The average Bonchev–Trinajstić information content (AvgIpc) is 2.37. The van der Waals surface area contributed by atoms with Crippen LogP contribution >= 0.6 is 46.4 Å². The number of hydrogen-bond acceptors (Lipinski definition) is 2. The smallest absolute Gasteiger partial charge is 0.129 e. The van der Waals surface area contributed by atoms with Crippen molar-refractivity contribution in [2.45, 2.75) is 6.42 Å². The lowest BCUT2D eigenvalue weighted by Gasteiger charge is -2.12. The molecule has 0 spiro atoms. The number of hydrogen-bond donors (Lipinski definition) is 0. The molecule has 0 unspecified atom stereocenters. The summed E-state index contributed by atoms with van der Waals surface area (Å²) < 4.78 is 0. The Kier molecular flexibility index (Phi) is 4.54. The van der Waals surface area contributed by atoms with E-state index in [1.54, 1.807) is 24.4 Å². The highest BCUT2D eigenvalue weighted by Gasteiger charge is 2.16. The van der Waals surface area contributed by atoms with Crippen LogP contribution in [0.2, 0.25) is 20.2 Å². The minimum atomic E-state index is 0.177. The van der Waals surface area contributed by atoms with Gasteiger partial charge < -0.3 is 0 Å². The molecule has 0 aliphatic carbocycles. The number of aromatic nitrogens is 1. The van der Waals surface area contributed by atoms with Crippen molar-refractivity contribution in [2.75, 3.05) is 0 Å². The van der Waals surface area contributed by atoms with Gasteiger partial charge in [-0.15, -0.1) is 0 Å². The summed E-state index contributed by atoms with van der Waals surface area (Å²) in [5, 5.41) is 10.3. The zero-order valence-corrected chi connectivity index (χ0v) is 12.4. The number of benzene rings is 1. The molecular formula is C13H6Cl4N2. The van der Waals surface area contributed by atoms with Crippen LogP contribution in [-0.2, 0) is 6.42 Å². The molecule has 0 aliphatic rings. The number of halogens is 4. The lowest BCUT2D eigenvalue weighted by atomic mass is 10.0. The Balaban J connectivity index is 2.72. The summed E-state index contributed by atoms with van der Waals surface area (Å²) in [6.07, 6.45) is 1.72.